The number of Topliss-reactive ketones (excluding diaryl/α,β-unsaturated/α-hetero) is 1. The molecule has 5 nitrogen and oxygen atoms in total. The molecule has 0 saturated heterocycles. The van der Waals surface area contributed by atoms with Crippen molar-refractivity contribution in [1.82, 2.24) is 0 Å². The Kier molecular flexibility index (Phi) is 5.05. The zero-order valence-corrected chi connectivity index (χ0v) is 10.2. The van der Waals surface area contributed by atoms with Crippen molar-refractivity contribution in [2.24, 2.45) is 5.73 Å². The molecule has 96 valence electrons. The van der Waals surface area contributed by atoms with Gasteiger partial charge in [-0.3, -0.25) is 15.0 Å². The fraction of sp³-hybridized carbons (Fsp3) is 0.308. The highest BCUT2D eigenvalue weighted by Crippen LogP contribution is 2.12. The van der Waals surface area contributed by atoms with E-state index in [-0.39, 0.29) is 11.6 Å². The Morgan fingerprint density at radius 2 is 1.94 bits per heavy atom. The van der Waals surface area contributed by atoms with E-state index in [0.29, 0.717) is 24.0 Å². The summed E-state index contributed by atoms with van der Waals surface area (Å²) in [4.78, 5) is 22.4. The number of rotatable bonds is 7. The highest BCUT2D eigenvalue weighted by molar-refractivity contribution is 6.01. The van der Waals surface area contributed by atoms with Gasteiger partial charge < -0.3 is 10.5 Å². The molecule has 5 heteroatoms. The first kappa shape index (κ1) is 13.9. The molecule has 0 radical (unpaired) electrons. The molecule has 0 aliphatic carbocycles. The maximum Gasteiger partial charge on any atom is 0.293 e. The molecule has 0 aliphatic rings. The van der Waals surface area contributed by atoms with Crippen LogP contribution in [0.2, 0.25) is 0 Å². The third kappa shape index (κ3) is 3.41. The minimum Gasteiger partial charge on any atom is -0.456 e. The van der Waals surface area contributed by atoms with Crippen LogP contribution in [0.3, 0.4) is 0 Å². The molecule has 1 rings (SSSR count). The summed E-state index contributed by atoms with van der Waals surface area (Å²) < 4.78 is 4.78. The summed E-state index contributed by atoms with van der Waals surface area (Å²) in [6.45, 7) is 2.20. The van der Waals surface area contributed by atoms with Crippen molar-refractivity contribution < 1.29 is 14.3 Å². The number of amidine groups is 1. The summed E-state index contributed by atoms with van der Waals surface area (Å²) >= 11 is 0. The monoisotopic (exact) mass is 248 g/mol. The van der Waals surface area contributed by atoms with E-state index in [1.165, 1.54) is 0 Å². The summed E-state index contributed by atoms with van der Waals surface area (Å²) in [7, 11) is 0. The average Bonchev–Trinajstić information content (AvgIpc) is 2.38. The largest absolute Gasteiger partial charge is 0.456 e. The smallest absolute Gasteiger partial charge is 0.293 e. The maximum absolute atomic E-state index is 12.0. The van der Waals surface area contributed by atoms with E-state index < -0.39 is 6.10 Å². The second-order valence-electron chi connectivity index (χ2n) is 3.86. The SMILES string of the molecule is CCCC(OC=O)C(=O)c1ccc(C(=N)N)cc1. The van der Waals surface area contributed by atoms with E-state index in [9.17, 15) is 9.59 Å². The van der Waals surface area contributed by atoms with E-state index in [2.05, 4.69) is 0 Å². The normalized spacial score (nSPS) is 11.6. The van der Waals surface area contributed by atoms with Crippen molar-refractivity contribution in [2.75, 3.05) is 0 Å². The Labute approximate surface area is 105 Å². The molecule has 1 aromatic rings. The maximum atomic E-state index is 12.0. The van der Waals surface area contributed by atoms with Gasteiger partial charge in [0.05, 0.1) is 0 Å². The summed E-state index contributed by atoms with van der Waals surface area (Å²) in [6, 6.07) is 6.35. The summed E-state index contributed by atoms with van der Waals surface area (Å²) in [5.74, 6) is -0.290. The number of nitrogen functional groups attached to an aromatic ring is 1. The first-order valence-electron chi connectivity index (χ1n) is 5.68. The van der Waals surface area contributed by atoms with Gasteiger partial charge in [-0.2, -0.15) is 0 Å². The number of hydrogen-bond acceptors (Lipinski definition) is 4. The van der Waals surface area contributed by atoms with Crippen LogP contribution in [0.15, 0.2) is 24.3 Å². The van der Waals surface area contributed by atoms with Crippen LogP contribution in [-0.2, 0) is 9.53 Å². The number of hydrogen-bond donors (Lipinski definition) is 2. The lowest BCUT2D eigenvalue weighted by Gasteiger charge is -2.13. The van der Waals surface area contributed by atoms with Crippen molar-refractivity contribution in [3.63, 3.8) is 0 Å². The zero-order chi connectivity index (χ0) is 13.5. The Morgan fingerprint density at radius 3 is 2.39 bits per heavy atom. The van der Waals surface area contributed by atoms with Gasteiger partial charge in [-0.1, -0.05) is 37.6 Å². The number of ether oxygens (including phenoxy) is 1. The van der Waals surface area contributed by atoms with Crippen LogP contribution in [-0.4, -0.2) is 24.2 Å². The number of ketones is 1. The molecular formula is C13H16N2O3. The quantitative estimate of drug-likeness (QED) is 0.331. The van der Waals surface area contributed by atoms with Crippen LogP contribution in [0.5, 0.6) is 0 Å². The molecular weight excluding hydrogens is 232 g/mol. The Bertz CT molecular complexity index is 440. The lowest BCUT2D eigenvalue weighted by molar-refractivity contribution is -0.132. The van der Waals surface area contributed by atoms with E-state index in [1.54, 1.807) is 24.3 Å². The van der Waals surface area contributed by atoms with Crippen molar-refractivity contribution in [1.29, 1.82) is 5.41 Å². The minimum absolute atomic E-state index is 0.0525. The van der Waals surface area contributed by atoms with Gasteiger partial charge in [0.2, 0.25) is 5.78 Å². The molecule has 0 saturated carbocycles. The van der Waals surface area contributed by atoms with E-state index in [0.717, 1.165) is 6.42 Å². The highest BCUT2D eigenvalue weighted by atomic mass is 16.5. The summed E-state index contributed by atoms with van der Waals surface area (Å²) in [5.41, 5.74) is 6.32. The van der Waals surface area contributed by atoms with Crippen LogP contribution in [0, 0.1) is 5.41 Å². The van der Waals surface area contributed by atoms with Crippen LogP contribution < -0.4 is 5.73 Å². The third-order valence-corrected chi connectivity index (χ3v) is 2.54. The van der Waals surface area contributed by atoms with Gasteiger partial charge in [-0.05, 0) is 6.42 Å². The lowest BCUT2D eigenvalue weighted by atomic mass is 10.0. The highest BCUT2D eigenvalue weighted by Gasteiger charge is 2.20. The molecule has 0 aromatic heterocycles. The van der Waals surface area contributed by atoms with Gasteiger partial charge in [0.25, 0.3) is 6.47 Å². The van der Waals surface area contributed by atoms with E-state index in [1.807, 2.05) is 6.92 Å². The van der Waals surface area contributed by atoms with Gasteiger partial charge in [-0.25, -0.2) is 0 Å². The van der Waals surface area contributed by atoms with Crippen LogP contribution in [0.4, 0.5) is 0 Å². The number of nitrogens with one attached hydrogen (secondary N) is 1. The molecule has 1 aromatic carbocycles. The van der Waals surface area contributed by atoms with Crippen LogP contribution in [0.1, 0.15) is 35.7 Å². The topological polar surface area (TPSA) is 93.2 Å². The second kappa shape index (κ2) is 6.54. The second-order valence-corrected chi connectivity index (χ2v) is 3.86. The van der Waals surface area contributed by atoms with Gasteiger partial charge >= 0.3 is 0 Å². The molecule has 0 amide bonds. The van der Waals surface area contributed by atoms with Crippen LogP contribution in [0.25, 0.3) is 0 Å². The predicted molar refractivity (Wildman–Crippen MR) is 67.6 cm³/mol. The standard InChI is InChI=1S/C13H16N2O3/c1-2-3-11(18-8-16)12(17)9-4-6-10(7-5-9)13(14)15/h4-8,11H,2-3H2,1H3,(H3,14,15). The molecule has 0 heterocycles. The Balaban J connectivity index is 2.87. The van der Waals surface area contributed by atoms with Gasteiger partial charge in [0.15, 0.2) is 6.10 Å². The first-order valence-corrected chi connectivity index (χ1v) is 5.68. The van der Waals surface area contributed by atoms with Gasteiger partial charge in [0, 0.05) is 11.1 Å². The number of nitrogens with two attached hydrogens (primary N) is 1. The zero-order valence-electron chi connectivity index (χ0n) is 10.2. The Hall–Kier alpha value is -2.17. The lowest BCUT2D eigenvalue weighted by Crippen LogP contribution is -2.24. The average molecular weight is 248 g/mol. The third-order valence-electron chi connectivity index (χ3n) is 2.54. The molecule has 1 atom stereocenters. The fourth-order valence-corrected chi connectivity index (χ4v) is 1.59. The van der Waals surface area contributed by atoms with Crippen molar-refractivity contribution >= 4 is 18.1 Å². The molecule has 0 bridgehead atoms. The molecule has 0 aliphatic heterocycles. The van der Waals surface area contributed by atoms with E-state index >= 15 is 0 Å². The van der Waals surface area contributed by atoms with Crippen molar-refractivity contribution in [2.45, 2.75) is 25.9 Å². The van der Waals surface area contributed by atoms with Gasteiger partial charge in [-0.15, -0.1) is 0 Å². The van der Waals surface area contributed by atoms with E-state index in [4.69, 9.17) is 15.9 Å². The molecule has 0 spiro atoms. The van der Waals surface area contributed by atoms with Crippen molar-refractivity contribution in [3.05, 3.63) is 35.4 Å². The number of carbonyl (C=O) groups excluding carboxylic acids is 2. The minimum atomic E-state index is -0.740. The molecule has 0 fully saturated rings. The number of benzene rings is 1. The first-order chi connectivity index (χ1) is 8.60. The van der Waals surface area contributed by atoms with Crippen LogP contribution >= 0.6 is 0 Å². The van der Waals surface area contributed by atoms with Crippen molar-refractivity contribution in [3.8, 4) is 0 Å². The Morgan fingerprint density at radius 1 is 1.39 bits per heavy atom. The number of carbonyl (C=O) groups is 2. The molecule has 3 N–H and O–H groups in total. The predicted octanol–water partition coefficient (Wildman–Crippen LogP) is 1.50. The van der Waals surface area contributed by atoms with Gasteiger partial charge in [0.1, 0.15) is 5.84 Å². The summed E-state index contributed by atoms with van der Waals surface area (Å²) in [5, 5.41) is 7.25. The fourth-order valence-electron chi connectivity index (χ4n) is 1.59. The molecule has 18 heavy (non-hydrogen) atoms. The molecule has 1 unspecified atom stereocenters. The summed E-state index contributed by atoms with van der Waals surface area (Å²) in [6.07, 6.45) is 0.498.